The van der Waals surface area contributed by atoms with Crippen LogP contribution in [-0.4, -0.2) is 21.0 Å². The molecule has 0 aromatic carbocycles. The Labute approximate surface area is 165 Å². The first-order valence-corrected chi connectivity index (χ1v) is 10.4. The molecule has 3 rings (SSSR count). The van der Waals surface area contributed by atoms with Gasteiger partial charge in [0.1, 0.15) is 22.3 Å². The van der Waals surface area contributed by atoms with Crippen LogP contribution in [0.15, 0.2) is 48.1 Å². The molecule has 0 aliphatic carbocycles. The molecule has 0 saturated heterocycles. The summed E-state index contributed by atoms with van der Waals surface area (Å²) in [4.78, 5) is 13.4. The number of nitrogens with zero attached hydrogens (tertiary/aromatic N) is 3. The zero-order valence-corrected chi connectivity index (χ0v) is 16.8. The number of pyridine rings is 2. The Morgan fingerprint density at radius 3 is 2.74 bits per heavy atom. The average molecular weight is 382 g/mol. The monoisotopic (exact) mass is 381 g/mol. The van der Waals surface area contributed by atoms with Gasteiger partial charge in [0.15, 0.2) is 0 Å². The second-order valence-corrected chi connectivity index (χ2v) is 7.59. The maximum absolute atomic E-state index is 4.61. The quantitative estimate of drug-likeness (QED) is 0.460. The summed E-state index contributed by atoms with van der Waals surface area (Å²) in [7, 11) is 0. The second kappa shape index (κ2) is 10.1. The molecule has 3 heterocycles. The molecular weight excluding hydrogens is 354 g/mol. The molecule has 27 heavy (non-hydrogen) atoms. The van der Waals surface area contributed by atoms with E-state index < -0.39 is 0 Å². The van der Waals surface area contributed by atoms with E-state index in [-0.39, 0.29) is 0 Å². The first-order valence-electron chi connectivity index (χ1n) is 9.57. The van der Waals surface area contributed by atoms with E-state index in [1.165, 1.54) is 31.2 Å². The largest absolute Gasteiger partial charge is 0.325 e. The molecule has 0 saturated carbocycles. The van der Waals surface area contributed by atoms with Crippen LogP contribution in [0.5, 0.6) is 0 Å². The van der Waals surface area contributed by atoms with Crippen molar-refractivity contribution in [3.63, 3.8) is 0 Å². The Morgan fingerprint density at radius 1 is 1.07 bits per heavy atom. The highest BCUT2D eigenvalue weighted by Gasteiger charge is 2.05. The van der Waals surface area contributed by atoms with Gasteiger partial charge in [0.25, 0.3) is 0 Å². The topological polar surface area (TPSA) is 62.7 Å². The molecule has 0 radical (unpaired) electrons. The van der Waals surface area contributed by atoms with Gasteiger partial charge in [0.05, 0.1) is 0 Å². The van der Waals surface area contributed by atoms with E-state index in [1.54, 1.807) is 17.5 Å². The third-order valence-electron chi connectivity index (χ3n) is 4.38. The van der Waals surface area contributed by atoms with E-state index >= 15 is 0 Å². The molecular formula is C21H27N5S. The van der Waals surface area contributed by atoms with Gasteiger partial charge in [0, 0.05) is 30.4 Å². The average Bonchev–Trinajstić information content (AvgIpc) is 3.23. The van der Waals surface area contributed by atoms with Crippen molar-refractivity contribution < 1.29 is 0 Å². The Bertz CT molecular complexity index is 802. The Balaban J connectivity index is 1.53. The number of hydrogen-bond acceptors (Lipinski definition) is 6. The molecule has 0 fully saturated rings. The molecule has 2 N–H and O–H groups in total. The van der Waals surface area contributed by atoms with Crippen LogP contribution in [0.25, 0.3) is 10.7 Å². The first kappa shape index (κ1) is 19.5. The van der Waals surface area contributed by atoms with Gasteiger partial charge in [-0.05, 0) is 37.1 Å². The van der Waals surface area contributed by atoms with Crippen LogP contribution in [0.3, 0.4) is 0 Å². The Kier molecular flexibility index (Phi) is 7.30. The van der Waals surface area contributed by atoms with Gasteiger partial charge < -0.3 is 10.6 Å². The highest BCUT2D eigenvalue weighted by Crippen LogP contribution is 2.22. The van der Waals surface area contributed by atoms with Crippen molar-refractivity contribution in [3.05, 3.63) is 53.7 Å². The molecule has 1 atom stereocenters. The molecule has 0 spiro atoms. The Morgan fingerprint density at radius 2 is 2.00 bits per heavy atom. The molecule has 5 nitrogen and oxygen atoms in total. The lowest BCUT2D eigenvalue weighted by molar-refractivity contribution is 0.487. The number of unbranched alkanes of at least 4 members (excludes halogenated alkanes) is 2. The number of aromatic nitrogens is 3. The normalized spacial score (nSPS) is 12.1. The molecule has 0 bridgehead atoms. The van der Waals surface area contributed by atoms with Crippen molar-refractivity contribution in [2.45, 2.75) is 52.1 Å². The number of anilines is 2. The van der Waals surface area contributed by atoms with E-state index in [0.717, 1.165) is 28.9 Å². The maximum atomic E-state index is 4.61. The molecule has 3 aromatic rings. The van der Waals surface area contributed by atoms with E-state index in [1.807, 2.05) is 35.8 Å². The second-order valence-electron chi connectivity index (χ2n) is 6.70. The van der Waals surface area contributed by atoms with E-state index in [4.69, 9.17) is 0 Å². The van der Waals surface area contributed by atoms with Crippen LogP contribution in [0.1, 0.15) is 45.1 Å². The molecule has 0 aliphatic heterocycles. The minimum Gasteiger partial charge on any atom is -0.325 e. The molecule has 0 amide bonds. The van der Waals surface area contributed by atoms with Crippen LogP contribution < -0.4 is 10.6 Å². The summed E-state index contributed by atoms with van der Waals surface area (Å²) in [5.41, 5.74) is 2.06. The van der Waals surface area contributed by atoms with Crippen molar-refractivity contribution in [3.8, 4) is 10.7 Å². The van der Waals surface area contributed by atoms with Gasteiger partial charge in [-0.3, -0.25) is 0 Å². The lowest BCUT2D eigenvalue weighted by atomic mass is 10.1. The van der Waals surface area contributed by atoms with Crippen LogP contribution in [0.2, 0.25) is 0 Å². The molecule has 142 valence electrons. The van der Waals surface area contributed by atoms with Gasteiger partial charge in [-0.15, -0.1) is 11.3 Å². The fourth-order valence-electron chi connectivity index (χ4n) is 2.80. The van der Waals surface area contributed by atoms with Crippen LogP contribution >= 0.6 is 11.3 Å². The van der Waals surface area contributed by atoms with Crippen molar-refractivity contribution in [1.29, 1.82) is 0 Å². The van der Waals surface area contributed by atoms with Crippen LogP contribution in [-0.2, 0) is 6.54 Å². The highest BCUT2D eigenvalue weighted by molar-refractivity contribution is 7.13. The number of hydrogen-bond donors (Lipinski definition) is 2. The van der Waals surface area contributed by atoms with Crippen molar-refractivity contribution in [2.24, 2.45) is 0 Å². The predicted molar refractivity (Wildman–Crippen MR) is 113 cm³/mol. The minimum absolute atomic E-state index is 0.534. The molecule has 6 heteroatoms. The van der Waals surface area contributed by atoms with Gasteiger partial charge in [-0.2, -0.15) is 0 Å². The third-order valence-corrected chi connectivity index (χ3v) is 5.17. The van der Waals surface area contributed by atoms with Crippen LogP contribution in [0.4, 0.5) is 11.6 Å². The molecule has 3 aromatic heterocycles. The number of nitrogens with one attached hydrogen (secondary N) is 2. The van der Waals surface area contributed by atoms with E-state index in [2.05, 4.69) is 45.5 Å². The predicted octanol–water partition coefficient (Wildman–Crippen LogP) is 5.40. The fraction of sp³-hybridized carbons (Fsp3) is 0.381. The SMILES string of the molecule is CCCCCC(C)NCc1ccc(Nc2cccc(-c3nccs3)n2)nc1. The van der Waals surface area contributed by atoms with Crippen molar-refractivity contribution in [2.75, 3.05) is 5.32 Å². The number of thiazole rings is 1. The highest BCUT2D eigenvalue weighted by atomic mass is 32.1. The lowest BCUT2D eigenvalue weighted by Gasteiger charge is -2.13. The zero-order chi connectivity index (χ0) is 18.9. The smallest absolute Gasteiger partial charge is 0.141 e. The standard InChI is InChI=1S/C21H27N5S/c1-3-4-5-7-16(2)23-14-17-10-11-19(24-15-17)26-20-9-6-8-18(25-20)21-22-12-13-27-21/h6,8-13,15-16,23H,3-5,7,14H2,1-2H3,(H,24,25,26). The maximum Gasteiger partial charge on any atom is 0.141 e. The van der Waals surface area contributed by atoms with Gasteiger partial charge in [-0.25, -0.2) is 15.0 Å². The van der Waals surface area contributed by atoms with Gasteiger partial charge in [-0.1, -0.05) is 38.3 Å². The van der Waals surface area contributed by atoms with Gasteiger partial charge in [0.2, 0.25) is 0 Å². The van der Waals surface area contributed by atoms with E-state index in [0.29, 0.717) is 6.04 Å². The lowest BCUT2D eigenvalue weighted by Crippen LogP contribution is -2.25. The summed E-state index contributed by atoms with van der Waals surface area (Å²) < 4.78 is 0. The van der Waals surface area contributed by atoms with Gasteiger partial charge >= 0.3 is 0 Å². The third kappa shape index (κ3) is 6.12. The van der Waals surface area contributed by atoms with Crippen molar-refractivity contribution in [1.82, 2.24) is 20.3 Å². The minimum atomic E-state index is 0.534. The van der Waals surface area contributed by atoms with Crippen molar-refractivity contribution >= 4 is 23.0 Å². The molecule has 1 unspecified atom stereocenters. The summed E-state index contributed by atoms with van der Waals surface area (Å²) in [6.07, 6.45) is 8.80. The fourth-order valence-corrected chi connectivity index (χ4v) is 3.41. The van der Waals surface area contributed by atoms with E-state index in [9.17, 15) is 0 Å². The zero-order valence-electron chi connectivity index (χ0n) is 16.0. The summed E-state index contributed by atoms with van der Waals surface area (Å²) in [5.74, 6) is 1.56. The summed E-state index contributed by atoms with van der Waals surface area (Å²) >= 11 is 1.58. The number of rotatable bonds is 10. The van der Waals surface area contributed by atoms with Crippen LogP contribution in [0, 0.1) is 0 Å². The summed E-state index contributed by atoms with van der Waals surface area (Å²) in [5, 5.41) is 9.71. The Hall–Kier alpha value is -2.31. The summed E-state index contributed by atoms with van der Waals surface area (Å²) in [6, 6.07) is 10.5. The first-order chi connectivity index (χ1) is 13.2. The summed E-state index contributed by atoms with van der Waals surface area (Å²) in [6.45, 7) is 5.34. The molecule has 0 aliphatic rings.